The second-order valence-electron chi connectivity index (χ2n) is 4.82. The van der Waals surface area contributed by atoms with Gasteiger partial charge in [0.25, 0.3) is 0 Å². The average Bonchev–Trinajstić information content (AvgIpc) is 2.40. The summed E-state index contributed by atoms with van der Waals surface area (Å²) in [6, 6.07) is 7.91. The van der Waals surface area contributed by atoms with Gasteiger partial charge in [0, 0.05) is 6.54 Å². The molecule has 0 radical (unpaired) electrons. The third-order valence-corrected chi connectivity index (χ3v) is 3.66. The van der Waals surface area contributed by atoms with Crippen LogP contribution in [0.3, 0.4) is 0 Å². The third-order valence-electron chi connectivity index (χ3n) is 3.66. The molecule has 0 spiro atoms. The number of benzene rings is 1. The molecule has 1 unspecified atom stereocenters. The van der Waals surface area contributed by atoms with Gasteiger partial charge >= 0.3 is 5.97 Å². The molecule has 1 saturated heterocycles. The Labute approximate surface area is 107 Å². The number of carbonyl (C=O) groups is 1. The van der Waals surface area contributed by atoms with Gasteiger partial charge in [0.2, 0.25) is 0 Å². The van der Waals surface area contributed by atoms with Gasteiger partial charge < -0.3 is 16.2 Å². The van der Waals surface area contributed by atoms with Crippen LogP contribution in [0.15, 0.2) is 24.3 Å². The van der Waals surface area contributed by atoms with Gasteiger partial charge in [0.1, 0.15) is 0 Å². The van der Waals surface area contributed by atoms with Gasteiger partial charge in [-0.05, 0) is 43.0 Å². The lowest BCUT2D eigenvalue weighted by molar-refractivity contribution is -0.138. The van der Waals surface area contributed by atoms with Gasteiger partial charge in [-0.3, -0.25) is 4.79 Å². The number of carboxylic acid groups (broad SMARTS) is 1. The molecule has 0 aliphatic carbocycles. The molecule has 1 fully saturated rings. The number of hydrogen-bond donors (Lipinski definition) is 3. The monoisotopic (exact) mass is 248 g/mol. The Morgan fingerprint density at radius 1 is 1.44 bits per heavy atom. The van der Waals surface area contributed by atoms with Crippen molar-refractivity contribution in [1.82, 2.24) is 5.32 Å². The highest BCUT2D eigenvalue weighted by molar-refractivity contribution is 5.76. The number of nitrogens with one attached hydrogen (secondary N) is 1. The van der Waals surface area contributed by atoms with Gasteiger partial charge in [-0.1, -0.05) is 24.3 Å². The Kier molecular flexibility index (Phi) is 4.33. The van der Waals surface area contributed by atoms with E-state index in [1.54, 1.807) is 0 Å². The van der Waals surface area contributed by atoms with Crippen LogP contribution in [0, 0.1) is 0 Å². The molecule has 1 aliphatic rings. The maximum atomic E-state index is 11.1. The first-order chi connectivity index (χ1) is 8.72. The van der Waals surface area contributed by atoms with Crippen molar-refractivity contribution in [2.45, 2.75) is 24.7 Å². The number of aliphatic carboxylic acids is 1. The molecule has 0 saturated carbocycles. The van der Waals surface area contributed by atoms with Crippen molar-refractivity contribution < 1.29 is 9.90 Å². The van der Waals surface area contributed by atoms with E-state index < -0.39 is 11.9 Å². The molecule has 1 aromatic carbocycles. The second kappa shape index (κ2) is 5.98. The standard InChI is InChI=1S/C14H20N2O2/c15-9-13(14(17)18)12-3-1-2-11(8-12)10-4-6-16-7-5-10/h1-3,8,10,13,16H,4-7,9,15H2,(H,17,18). The van der Waals surface area contributed by atoms with Crippen LogP contribution in [-0.2, 0) is 4.79 Å². The highest BCUT2D eigenvalue weighted by Gasteiger charge is 2.20. The predicted molar refractivity (Wildman–Crippen MR) is 70.7 cm³/mol. The maximum absolute atomic E-state index is 11.1. The van der Waals surface area contributed by atoms with E-state index in [9.17, 15) is 4.79 Å². The summed E-state index contributed by atoms with van der Waals surface area (Å²) in [6.45, 7) is 2.22. The summed E-state index contributed by atoms with van der Waals surface area (Å²) in [5, 5.41) is 12.5. The highest BCUT2D eigenvalue weighted by Crippen LogP contribution is 2.27. The van der Waals surface area contributed by atoms with Crippen molar-refractivity contribution in [3.63, 3.8) is 0 Å². The maximum Gasteiger partial charge on any atom is 0.312 e. The second-order valence-corrected chi connectivity index (χ2v) is 4.82. The van der Waals surface area contributed by atoms with E-state index in [4.69, 9.17) is 10.8 Å². The SMILES string of the molecule is NCC(C(=O)O)c1cccc(C2CCNCC2)c1. The minimum atomic E-state index is -0.847. The average molecular weight is 248 g/mol. The Bertz CT molecular complexity index is 414. The molecular formula is C14H20N2O2. The molecular weight excluding hydrogens is 228 g/mol. The van der Waals surface area contributed by atoms with Crippen molar-refractivity contribution in [3.05, 3.63) is 35.4 Å². The van der Waals surface area contributed by atoms with Gasteiger partial charge in [0.15, 0.2) is 0 Å². The first kappa shape index (κ1) is 13.1. The van der Waals surface area contributed by atoms with Gasteiger partial charge in [-0.15, -0.1) is 0 Å². The predicted octanol–water partition coefficient (Wildman–Crippen LogP) is 1.28. The summed E-state index contributed by atoms with van der Waals surface area (Å²) in [6.07, 6.45) is 2.23. The van der Waals surface area contributed by atoms with Gasteiger partial charge in [0.05, 0.1) is 5.92 Å². The normalized spacial score (nSPS) is 18.5. The fourth-order valence-electron chi connectivity index (χ4n) is 2.56. The molecule has 0 bridgehead atoms. The van der Waals surface area contributed by atoms with Crippen molar-refractivity contribution in [3.8, 4) is 0 Å². The van der Waals surface area contributed by atoms with E-state index in [0.717, 1.165) is 31.5 Å². The van der Waals surface area contributed by atoms with E-state index in [-0.39, 0.29) is 6.54 Å². The zero-order chi connectivity index (χ0) is 13.0. The molecule has 0 amide bonds. The van der Waals surface area contributed by atoms with Crippen LogP contribution in [0.25, 0.3) is 0 Å². The van der Waals surface area contributed by atoms with Crippen LogP contribution in [-0.4, -0.2) is 30.7 Å². The van der Waals surface area contributed by atoms with E-state index in [1.165, 1.54) is 5.56 Å². The Morgan fingerprint density at radius 3 is 2.78 bits per heavy atom. The highest BCUT2D eigenvalue weighted by atomic mass is 16.4. The lowest BCUT2D eigenvalue weighted by Crippen LogP contribution is -2.27. The smallest absolute Gasteiger partial charge is 0.312 e. The molecule has 2 rings (SSSR count). The number of rotatable bonds is 4. The van der Waals surface area contributed by atoms with Crippen LogP contribution in [0.5, 0.6) is 0 Å². The first-order valence-corrected chi connectivity index (χ1v) is 6.46. The van der Waals surface area contributed by atoms with Crippen LogP contribution in [0.2, 0.25) is 0 Å². The molecule has 4 heteroatoms. The summed E-state index contributed by atoms with van der Waals surface area (Å²) in [4.78, 5) is 11.1. The molecule has 0 aromatic heterocycles. The zero-order valence-corrected chi connectivity index (χ0v) is 10.4. The Balaban J connectivity index is 2.20. The van der Waals surface area contributed by atoms with Crippen LogP contribution < -0.4 is 11.1 Å². The fourth-order valence-corrected chi connectivity index (χ4v) is 2.56. The zero-order valence-electron chi connectivity index (χ0n) is 10.4. The lowest BCUT2D eigenvalue weighted by Gasteiger charge is -2.24. The number of nitrogens with two attached hydrogens (primary N) is 1. The molecule has 1 heterocycles. The Morgan fingerprint density at radius 2 is 2.17 bits per heavy atom. The molecule has 18 heavy (non-hydrogen) atoms. The molecule has 1 atom stereocenters. The molecule has 98 valence electrons. The van der Waals surface area contributed by atoms with Crippen LogP contribution in [0.1, 0.15) is 35.8 Å². The van der Waals surface area contributed by atoms with Gasteiger partial charge in [-0.25, -0.2) is 0 Å². The Hall–Kier alpha value is -1.39. The van der Waals surface area contributed by atoms with Crippen molar-refractivity contribution in [1.29, 1.82) is 0 Å². The summed E-state index contributed by atoms with van der Waals surface area (Å²) >= 11 is 0. The summed E-state index contributed by atoms with van der Waals surface area (Å²) in [7, 11) is 0. The minimum absolute atomic E-state index is 0.144. The molecule has 4 N–H and O–H groups in total. The van der Waals surface area contributed by atoms with Gasteiger partial charge in [-0.2, -0.15) is 0 Å². The molecule has 4 nitrogen and oxygen atoms in total. The van der Waals surface area contributed by atoms with E-state index in [2.05, 4.69) is 11.4 Å². The van der Waals surface area contributed by atoms with E-state index in [0.29, 0.717) is 5.92 Å². The van der Waals surface area contributed by atoms with E-state index in [1.807, 2.05) is 18.2 Å². The summed E-state index contributed by atoms with van der Waals surface area (Å²) in [5.74, 6) is -0.898. The van der Waals surface area contributed by atoms with Crippen molar-refractivity contribution in [2.75, 3.05) is 19.6 Å². The molecule has 1 aliphatic heterocycles. The molecule has 1 aromatic rings. The summed E-state index contributed by atoms with van der Waals surface area (Å²) < 4.78 is 0. The van der Waals surface area contributed by atoms with Crippen molar-refractivity contribution >= 4 is 5.97 Å². The lowest BCUT2D eigenvalue weighted by atomic mass is 9.87. The largest absolute Gasteiger partial charge is 0.481 e. The third kappa shape index (κ3) is 2.89. The van der Waals surface area contributed by atoms with Crippen LogP contribution in [0.4, 0.5) is 0 Å². The van der Waals surface area contributed by atoms with Crippen LogP contribution >= 0.6 is 0 Å². The summed E-state index contributed by atoms with van der Waals surface area (Å²) in [5.41, 5.74) is 7.61. The quantitative estimate of drug-likeness (QED) is 0.750. The van der Waals surface area contributed by atoms with E-state index >= 15 is 0 Å². The fraction of sp³-hybridized carbons (Fsp3) is 0.500. The minimum Gasteiger partial charge on any atom is -0.481 e. The number of piperidine rings is 1. The first-order valence-electron chi connectivity index (χ1n) is 6.46. The van der Waals surface area contributed by atoms with Crippen molar-refractivity contribution in [2.24, 2.45) is 5.73 Å². The number of hydrogen-bond acceptors (Lipinski definition) is 3. The number of carboxylic acids is 1. The topological polar surface area (TPSA) is 75.4 Å².